The van der Waals surface area contributed by atoms with Crippen LogP contribution in [0.3, 0.4) is 0 Å². The van der Waals surface area contributed by atoms with Crippen molar-refractivity contribution in [2.75, 3.05) is 19.6 Å². The van der Waals surface area contributed by atoms with Gasteiger partial charge in [0.15, 0.2) is 0 Å². The van der Waals surface area contributed by atoms with Gasteiger partial charge in [0.2, 0.25) is 5.91 Å². The maximum Gasteiger partial charge on any atom is 0.241 e. The Balaban J connectivity index is 1.44. The number of aryl methyl sites for hydroxylation is 1. The van der Waals surface area contributed by atoms with Crippen LogP contribution < -0.4 is 10.6 Å². The minimum atomic E-state index is -0.0363. The van der Waals surface area contributed by atoms with Crippen LogP contribution in [-0.2, 0) is 17.8 Å². The number of halogens is 1. The summed E-state index contributed by atoms with van der Waals surface area (Å²) in [6, 6.07) is 2.02. The zero-order valence-electron chi connectivity index (χ0n) is 13.7. The number of nitrogens with zero attached hydrogens (tertiary/aromatic N) is 3. The van der Waals surface area contributed by atoms with Gasteiger partial charge in [0, 0.05) is 31.6 Å². The number of hydrogen-bond donors (Lipinski definition) is 2. The van der Waals surface area contributed by atoms with Crippen molar-refractivity contribution in [1.82, 2.24) is 25.4 Å². The van der Waals surface area contributed by atoms with Crippen molar-refractivity contribution < 1.29 is 4.79 Å². The highest BCUT2D eigenvalue weighted by Gasteiger charge is 2.17. The molecule has 0 aliphatic carbocycles. The number of nitrogens with one attached hydrogen (secondary N) is 2. The molecule has 0 bridgehead atoms. The van der Waals surface area contributed by atoms with E-state index in [1.54, 1.807) is 4.68 Å². The summed E-state index contributed by atoms with van der Waals surface area (Å²) in [5, 5.41) is 11.8. The Labute approximate surface area is 150 Å². The van der Waals surface area contributed by atoms with Crippen molar-refractivity contribution >= 4 is 28.8 Å². The number of hydrogen-bond acceptors (Lipinski definition) is 5. The van der Waals surface area contributed by atoms with Crippen LogP contribution in [0, 0.1) is 6.92 Å². The highest BCUT2D eigenvalue weighted by atomic mass is 35.5. The number of rotatable bonds is 6. The molecule has 1 amide bonds. The number of piperidine rings is 1. The third-order valence-electron chi connectivity index (χ3n) is 4.13. The summed E-state index contributed by atoms with van der Waals surface area (Å²) >= 11 is 7.47. The molecule has 1 fully saturated rings. The van der Waals surface area contributed by atoms with Crippen molar-refractivity contribution in [3.05, 3.63) is 33.0 Å². The van der Waals surface area contributed by atoms with Gasteiger partial charge in [0.1, 0.15) is 10.9 Å². The number of carbonyl (C=O) groups is 1. The summed E-state index contributed by atoms with van der Waals surface area (Å²) in [6.07, 6.45) is 4.92. The molecule has 0 spiro atoms. The fourth-order valence-electron chi connectivity index (χ4n) is 2.84. The number of amides is 1. The summed E-state index contributed by atoms with van der Waals surface area (Å²) in [5.41, 5.74) is 1.92. The lowest BCUT2D eigenvalue weighted by Gasteiger charge is -2.20. The van der Waals surface area contributed by atoms with E-state index in [-0.39, 0.29) is 12.5 Å². The van der Waals surface area contributed by atoms with E-state index in [1.165, 1.54) is 17.8 Å². The van der Waals surface area contributed by atoms with Crippen molar-refractivity contribution in [3.63, 3.8) is 0 Å². The molecule has 0 saturated carbocycles. The fraction of sp³-hybridized carbons (Fsp3) is 0.562. The van der Waals surface area contributed by atoms with E-state index >= 15 is 0 Å². The van der Waals surface area contributed by atoms with E-state index in [2.05, 4.69) is 20.7 Å². The molecule has 0 aromatic carbocycles. The van der Waals surface area contributed by atoms with E-state index in [1.807, 2.05) is 19.2 Å². The summed E-state index contributed by atoms with van der Waals surface area (Å²) < 4.78 is 2.43. The number of thiazole rings is 1. The maximum atomic E-state index is 12.0. The first-order valence-electron chi connectivity index (χ1n) is 8.24. The van der Waals surface area contributed by atoms with Gasteiger partial charge in [-0.1, -0.05) is 11.6 Å². The normalized spacial score (nSPS) is 17.8. The van der Waals surface area contributed by atoms with Gasteiger partial charge in [0.25, 0.3) is 0 Å². The molecule has 1 saturated heterocycles. The van der Waals surface area contributed by atoms with Crippen molar-refractivity contribution in [1.29, 1.82) is 0 Å². The number of aromatic nitrogens is 3. The van der Waals surface area contributed by atoms with Gasteiger partial charge in [-0.3, -0.25) is 9.48 Å². The molecule has 1 atom stereocenters. The van der Waals surface area contributed by atoms with E-state index in [0.717, 1.165) is 40.2 Å². The van der Waals surface area contributed by atoms with Gasteiger partial charge in [-0.2, -0.15) is 5.10 Å². The minimum absolute atomic E-state index is 0.0363. The van der Waals surface area contributed by atoms with Crippen molar-refractivity contribution in [3.8, 4) is 0 Å². The van der Waals surface area contributed by atoms with Gasteiger partial charge >= 0.3 is 0 Å². The van der Waals surface area contributed by atoms with E-state index < -0.39 is 0 Å². The lowest BCUT2D eigenvalue weighted by atomic mass is 9.97. The molecule has 8 heteroatoms. The van der Waals surface area contributed by atoms with Gasteiger partial charge < -0.3 is 10.6 Å². The molecule has 3 heterocycles. The van der Waals surface area contributed by atoms with E-state index in [9.17, 15) is 4.79 Å². The van der Waals surface area contributed by atoms with Crippen LogP contribution >= 0.6 is 22.9 Å². The third kappa shape index (κ3) is 4.55. The van der Waals surface area contributed by atoms with Gasteiger partial charge in [-0.05, 0) is 32.4 Å². The predicted molar refractivity (Wildman–Crippen MR) is 95.6 cm³/mol. The molecule has 130 valence electrons. The zero-order chi connectivity index (χ0) is 16.9. The van der Waals surface area contributed by atoms with Crippen LogP contribution in [0.4, 0.5) is 0 Å². The molecule has 2 aromatic rings. The second-order valence-corrected chi connectivity index (χ2v) is 7.73. The van der Waals surface area contributed by atoms with E-state index in [4.69, 9.17) is 11.6 Å². The van der Waals surface area contributed by atoms with Crippen LogP contribution in [-0.4, -0.2) is 40.3 Å². The third-order valence-corrected chi connectivity index (χ3v) is 5.64. The molecule has 2 N–H and O–H groups in total. The molecule has 1 aliphatic heterocycles. The van der Waals surface area contributed by atoms with Crippen LogP contribution in [0.25, 0.3) is 0 Å². The Kier molecular flexibility index (Phi) is 5.86. The van der Waals surface area contributed by atoms with Gasteiger partial charge in [-0.25, -0.2) is 4.98 Å². The van der Waals surface area contributed by atoms with Gasteiger partial charge in [0.05, 0.1) is 16.4 Å². The molecular formula is C16H22ClN5OS. The lowest BCUT2D eigenvalue weighted by molar-refractivity contribution is -0.121. The summed E-state index contributed by atoms with van der Waals surface area (Å²) in [4.78, 5) is 16.4. The summed E-state index contributed by atoms with van der Waals surface area (Å²) in [6.45, 7) is 4.75. The average Bonchev–Trinajstić information content (AvgIpc) is 3.15. The molecule has 2 aromatic heterocycles. The standard InChI is InChI=1S/C16H22ClN5OS/c1-11-16(17)24-15(20-11)4-7-19-14(23)10-22-8-5-13(21-22)12-3-2-6-18-9-12/h5,8,12,18H,2-4,6-7,9-10H2,1H3,(H,19,23). The molecular weight excluding hydrogens is 346 g/mol. The Hall–Kier alpha value is -1.44. The smallest absolute Gasteiger partial charge is 0.241 e. The van der Waals surface area contributed by atoms with Crippen molar-refractivity contribution in [2.24, 2.45) is 0 Å². The minimum Gasteiger partial charge on any atom is -0.354 e. The highest BCUT2D eigenvalue weighted by Crippen LogP contribution is 2.23. The predicted octanol–water partition coefficient (Wildman–Crippen LogP) is 2.13. The SMILES string of the molecule is Cc1nc(CCNC(=O)Cn2ccc(C3CCCNC3)n2)sc1Cl. The largest absolute Gasteiger partial charge is 0.354 e. The topological polar surface area (TPSA) is 71.8 Å². The Morgan fingerprint density at radius 2 is 2.46 bits per heavy atom. The molecule has 24 heavy (non-hydrogen) atoms. The molecule has 1 unspecified atom stereocenters. The first-order chi connectivity index (χ1) is 11.6. The Morgan fingerprint density at radius 3 is 3.17 bits per heavy atom. The molecule has 3 rings (SSSR count). The monoisotopic (exact) mass is 367 g/mol. The first-order valence-corrected chi connectivity index (χ1v) is 9.44. The molecule has 0 radical (unpaired) electrons. The lowest BCUT2D eigenvalue weighted by Crippen LogP contribution is -2.30. The molecule has 1 aliphatic rings. The highest BCUT2D eigenvalue weighted by molar-refractivity contribution is 7.16. The Bertz CT molecular complexity index is 673. The average molecular weight is 368 g/mol. The fourth-order valence-corrected chi connectivity index (χ4v) is 3.93. The summed E-state index contributed by atoms with van der Waals surface area (Å²) in [7, 11) is 0. The maximum absolute atomic E-state index is 12.0. The summed E-state index contributed by atoms with van der Waals surface area (Å²) in [5.74, 6) is 0.423. The number of carbonyl (C=O) groups excluding carboxylic acids is 1. The molecule has 6 nitrogen and oxygen atoms in total. The second-order valence-electron chi connectivity index (χ2n) is 6.05. The second kappa shape index (κ2) is 8.09. The van der Waals surface area contributed by atoms with Gasteiger partial charge in [-0.15, -0.1) is 11.3 Å². The van der Waals surface area contributed by atoms with Crippen LogP contribution in [0.5, 0.6) is 0 Å². The van der Waals surface area contributed by atoms with Crippen LogP contribution in [0.2, 0.25) is 4.34 Å². The first kappa shape index (κ1) is 17.4. The zero-order valence-corrected chi connectivity index (χ0v) is 15.3. The van der Waals surface area contributed by atoms with Crippen LogP contribution in [0.15, 0.2) is 12.3 Å². The van der Waals surface area contributed by atoms with Crippen molar-refractivity contribution in [2.45, 2.75) is 38.6 Å². The quantitative estimate of drug-likeness (QED) is 0.820. The Morgan fingerprint density at radius 1 is 1.58 bits per heavy atom. The van der Waals surface area contributed by atoms with E-state index in [0.29, 0.717) is 18.9 Å². The van der Waals surface area contributed by atoms with Crippen LogP contribution in [0.1, 0.15) is 35.2 Å².